The molecule has 0 aliphatic heterocycles. The molecule has 7 heteroatoms. The maximum absolute atomic E-state index is 0. The molecule has 0 aliphatic rings. The van der Waals surface area contributed by atoms with E-state index in [2.05, 4.69) is 0 Å². The summed E-state index contributed by atoms with van der Waals surface area (Å²) in [6, 6.07) is 0. The van der Waals surface area contributed by atoms with Gasteiger partial charge in [-0.05, 0) is 0 Å². The Morgan fingerprint density at radius 3 is 0.429 bits per heavy atom. The summed E-state index contributed by atoms with van der Waals surface area (Å²) in [4.78, 5) is 0. The van der Waals surface area contributed by atoms with Crippen LogP contribution in [0.25, 0.3) is 0 Å². The first kappa shape index (κ1) is 761. The quantitative estimate of drug-likeness (QED) is 0.344. The summed E-state index contributed by atoms with van der Waals surface area (Å²) in [7, 11) is 0. The first-order valence-electron chi connectivity index (χ1n) is 0. The van der Waals surface area contributed by atoms with Crippen LogP contribution in [0.15, 0.2) is 0 Å². The number of rotatable bonds is 0. The van der Waals surface area contributed by atoms with Gasteiger partial charge in [0, 0.05) is 30.6 Å². The standard InChI is InChI=1S/Cu.5H2O.S/h;5*1H2;. The summed E-state index contributed by atoms with van der Waals surface area (Å²) >= 11 is 0. The van der Waals surface area contributed by atoms with E-state index < -0.39 is 0 Å². The molecule has 0 aromatic rings. The largest absolute Gasteiger partial charge is 0.412 e. The first-order chi connectivity index (χ1) is 0. The van der Waals surface area contributed by atoms with Gasteiger partial charge in [0.25, 0.3) is 0 Å². The Hall–Kier alpha value is 0.669. The molecule has 7 heavy (non-hydrogen) atoms. The molecule has 0 amide bonds. The predicted octanol–water partition coefficient (Wildman–Crippen LogP) is -3.48. The van der Waals surface area contributed by atoms with Crippen LogP contribution in [-0.2, 0) is 17.1 Å². The topological polar surface area (TPSA) is 158 Å². The summed E-state index contributed by atoms with van der Waals surface area (Å²) in [6.45, 7) is 0. The van der Waals surface area contributed by atoms with Gasteiger partial charge in [-0.3, -0.25) is 0 Å². The maximum atomic E-state index is 0. The van der Waals surface area contributed by atoms with Gasteiger partial charge in [-0.1, -0.05) is 0 Å². The van der Waals surface area contributed by atoms with Crippen LogP contribution < -0.4 is 0 Å². The molecule has 0 fully saturated rings. The summed E-state index contributed by atoms with van der Waals surface area (Å²) in [5, 5.41) is 0. The number of hydrogen-bond acceptors (Lipinski definition) is 0. The van der Waals surface area contributed by atoms with Crippen molar-refractivity contribution in [1.82, 2.24) is 0 Å². The van der Waals surface area contributed by atoms with Crippen LogP contribution >= 0.6 is 13.5 Å². The minimum Gasteiger partial charge on any atom is -0.412 e. The minimum atomic E-state index is 0. The third-order valence-electron chi connectivity index (χ3n) is 0. The smallest absolute Gasteiger partial charge is 0 e. The van der Waals surface area contributed by atoms with Crippen molar-refractivity contribution in [3.8, 4) is 0 Å². The molecule has 0 bridgehead atoms. The molecule has 0 aliphatic carbocycles. The molecule has 0 aromatic heterocycles. The van der Waals surface area contributed by atoms with E-state index >= 15 is 0 Å². The number of hydrogen-bond donors (Lipinski definition) is 0. The maximum Gasteiger partial charge on any atom is 0 e. The van der Waals surface area contributed by atoms with Crippen molar-refractivity contribution in [3.05, 3.63) is 0 Å². The second kappa shape index (κ2) is 478. The second-order valence-electron chi connectivity index (χ2n) is 0. The van der Waals surface area contributed by atoms with Crippen molar-refractivity contribution in [3.63, 3.8) is 0 Å². The molecule has 0 aromatic carbocycles. The van der Waals surface area contributed by atoms with Gasteiger partial charge < -0.3 is 27.4 Å². The van der Waals surface area contributed by atoms with Crippen LogP contribution in [0.2, 0.25) is 0 Å². The Morgan fingerprint density at radius 1 is 0.429 bits per heavy atom. The fraction of sp³-hybridized carbons (Fsp3) is 0. The average molecular weight is 186 g/mol. The van der Waals surface area contributed by atoms with E-state index in [0.717, 1.165) is 0 Å². The zero-order valence-corrected chi connectivity index (χ0v) is 4.97. The molecule has 3 radical (unpaired) electrons. The third-order valence-corrected chi connectivity index (χ3v) is 0. The average Bonchev–Trinajstić information content (AvgIpc) is 0. The normalized spacial score (nSPS) is 0. The Balaban J connectivity index is 0. The summed E-state index contributed by atoms with van der Waals surface area (Å²) < 4.78 is 0. The third kappa shape index (κ3) is 324. The SMILES string of the molecule is O.O.O.O.O.[Cu].[S]. The fourth-order valence-corrected chi connectivity index (χ4v) is 0. The van der Waals surface area contributed by atoms with Gasteiger partial charge in [0.15, 0.2) is 0 Å². The molecule has 0 saturated carbocycles. The van der Waals surface area contributed by atoms with Gasteiger partial charge in [0.1, 0.15) is 0 Å². The molecular formula is H10CuO5S. The first-order valence-corrected chi connectivity index (χ1v) is 0. The van der Waals surface area contributed by atoms with Gasteiger partial charge in [-0.25, -0.2) is 0 Å². The summed E-state index contributed by atoms with van der Waals surface area (Å²) in [6.07, 6.45) is 0. The van der Waals surface area contributed by atoms with Gasteiger partial charge in [-0.2, -0.15) is 0 Å². The van der Waals surface area contributed by atoms with E-state index in [9.17, 15) is 0 Å². The minimum absolute atomic E-state index is 0. The molecule has 0 saturated heterocycles. The van der Waals surface area contributed by atoms with E-state index in [1.54, 1.807) is 0 Å². The molecule has 5 nitrogen and oxygen atoms in total. The monoisotopic (exact) mass is 185 g/mol. The van der Waals surface area contributed by atoms with E-state index in [0.29, 0.717) is 0 Å². The van der Waals surface area contributed by atoms with Crippen LogP contribution in [0.4, 0.5) is 0 Å². The van der Waals surface area contributed by atoms with Crippen molar-refractivity contribution in [2.75, 3.05) is 0 Å². The van der Waals surface area contributed by atoms with Crippen LogP contribution in [-0.4, -0.2) is 27.4 Å². The predicted molar refractivity (Wildman–Crippen MR) is 25.7 cm³/mol. The van der Waals surface area contributed by atoms with Crippen molar-refractivity contribution in [1.29, 1.82) is 0 Å². The molecule has 57 valence electrons. The van der Waals surface area contributed by atoms with E-state index in [-0.39, 0.29) is 57.9 Å². The molecule has 0 spiro atoms. The van der Waals surface area contributed by atoms with Crippen LogP contribution in [0.1, 0.15) is 0 Å². The van der Waals surface area contributed by atoms with Crippen molar-refractivity contribution >= 4 is 13.5 Å². The van der Waals surface area contributed by atoms with Crippen molar-refractivity contribution in [2.24, 2.45) is 0 Å². The van der Waals surface area contributed by atoms with Gasteiger partial charge in [-0.15, -0.1) is 0 Å². The van der Waals surface area contributed by atoms with Crippen LogP contribution in [0, 0.1) is 0 Å². The fourth-order valence-electron chi connectivity index (χ4n) is 0. The summed E-state index contributed by atoms with van der Waals surface area (Å²) in [5.74, 6) is 0. The summed E-state index contributed by atoms with van der Waals surface area (Å²) in [5.41, 5.74) is 0. The molecule has 10 N–H and O–H groups in total. The Labute approximate surface area is 58.6 Å². The Kier molecular flexibility index (Phi) is 52000. The molecule has 0 heterocycles. The van der Waals surface area contributed by atoms with Crippen molar-refractivity contribution < 1.29 is 44.4 Å². The molecule has 0 atom stereocenters. The van der Waals surface area contributed by atoms with Crippen LogP contribution in [0.3, 0.4) is 0 Å². The zero-order chi connectivity index (χ0) is 0. The molecule has 0 unspecified atom stereocenters. The van der Waals surface area contributed by atoms with Crippen molar-refractivity contribution in [2.45, 2.75) is 0 Å². The van der Waals surface area contributed by atoms with E-state index in [1.165, 1.54) is 0 Å². The second-order valence-corrected chi connectivity index (χ2v) is 0. The molecule has 0 rings (SSSR count). The van der Waals surface area contributed by atoms with Gasteiger partial charge in [0.05, 0.1) is 0 Å². The Morgan fingerprint density at radius 2 is 0.429 bits per heavy atom. The van der Waals surface area contributed by atoms with Gasteiger partial charge in [0.2, 0.25) is 0 Å². The van der Waals surface area contributed by atoms with Crippen LogP contribution in [0.5, 0.6) is 0 Å². The van der Waals surface area contributed by atoms with E-state index in [1.807, 2.05) is 0 Å². The van der Waals surface area contributed by atoms with E-state index in [4.69, 9.17) is 0 Å². The Bertz CT molecular complexity index is 8.04. The zero-order valence-electron chi connectivity index (χ0n) is 3.21. The molecular weight excluding hydrogens is 176 g/mol. The van der Waals surface area contributed by atoms with Gasteiger partial charge >= 0.3 is 0 Å².